The number of nitrogens with one attached hydrogen (secondary N) is 1. The van der Waals surface area contributed by atoms with Gasteiger partial charge >= 0.3 is 0 Å². The number of hydrogen-bond donors (Lipinski definition) is 2. The second-order valence-corrected chi connectivity index (χ2v) is 5.34. The van der Waals surface area contributed by atoms with Crippen LogP contribution in [0.5, 0.6) is 5.88 Å². The molecule has 0 amide bonds. The van der Waals surface area contributed by atoms with Gasteiger partial charge in [-0.25, -0.2) is 0 Å². The number of H-pyrrole nitrogens is 1. The first-order chi connectivity index (χ1) is 10.0. The average molecular weight is 279 g/mol. The van der Waals surface area contributed by atoms with Crippen molar-refractivity contribution in [3.05, 3.63) is 53.1 Å². The molecular formula is C17H17N3O. The summed E-state index contributed by atoms with van der Waals surface area (Å²) in [4.78, 5) is 2.91. The SMILES string of the molecule is Cc1ccc2[nH]c(O)c(N=Nc3ccc(C)c(C)c3)c2c1. The van der Waals surface area contributed by atoms with Gasteiger partial charge in [-0.15, -0.1) is 5.11 Å². The zero-order chi connectivity index (χ0) is 15.0. The number of aromatic nitrogens is 1. The van der Waals surface area contributed by atoms with Crippen LogP contribution in [0.3, 0.4) is 0 Å². The fourth-order valence-electron chi connectivity index (χ4n) is 2.27. The number of rotatable bonds is 2. The Hall–Kier alpha value is -2.62. The third-order valence-corrected chi connectivity index (χ3v) is 3.66. The Balaban J connectivity index is 2.04. The van der Waals surface area contributed by atoms with Gasteiger partial charge in [-0.3, -0.25) is 0 Å². The summed E-state index contributed by atoms with van der Waals surface area (Å²) in [6.07, 6.45) is 0. The van der Waals surface area contributed by atoms with Crippen molar-refractivity contribution >= 4 is 22.3 Å². The number of aryl methyl sites for hydroxylation is 3. The number of azo groups is 1. The van der Waals surface area contributed by atoms with Crippen LogP contribution < -0.4 is 0 Å². The van der Waals surface area contributed by atoms with E-state index in [1.54, 1.807) is 0 Å². The van der Waals surface area contributed by atoms with E-state index in [2.05, 4.69) is 22.1 Å². The molecule has 3 aromatic rings. The lowest BCUT2D eigenvalue weighted by Gasteiger charge is -1.99. The van der Waals surface area contributed by atoms with Crippen LogP contribution >= 0.6 is 0 Å². The number of benzene rings is 2. The number of nitrogens with zero attached hydrogens (tertiary/aromatic N) is 2. The number of aromatic amines is 1. The molecule has 0 spiro atoms. The van der Waals surface area contributed by atoms with E-state index in [9.17, 15) is 5.11 Å². The minimum Gasteiger partial charge on any atom is -0.493 e. The summed E-state index contributed by atoms with van der Waals surface area (Å²) in [5.41, 5.74) is 5.62. The summed E-state index contributed by atoms with van der Waals surface area (Å²) in [5.74, 6) is 0.0446. The van der Waals surface area contributed by atoms with E-state index in [0.717, 1.165) is 22.2 Å². The largest absolute Gasteiger partial charge is 0.493 e. The number of fused-ring (bicyclic) bond motifs is 1. The Morgan fingerprint density at radius 2 is 1.71 bits per heavy atom. The van der Waals surface area contributed by atoms with Crippen LogP contribution in [-0.2, 0) is 0 Å². The standard InChI is InChI=1S/C17H17N3O/c1-10-4-7-15-14(8-10)16(17(21)18-15)20-19-13-6-5-11(2)12(3)9-13/h4-9,18,21H,1-3H3. The monoisotopic (exact) mass is 279 g/mol. The maximum absolute atomic E-state index is 9.99. The molecule has 4 nitrogen and oxygen atoms in total. The summed E-state index contributed by atoms with van der Waals surface area (Å²) >= 11 is 0. The average Bonchev–Trinajstić information content (AvgIpc) is 2.75. The van der Waals surface area contributed by atoms with E-state index in [4.69, 9.17) is 0 Å². The molecule has 0 radical (unpaired) electrons. The highest BCUT2D eigenvalue weighted by Crippen LogP contribution is 2.36. The van der Waals surface area contributed by atoms with Gasteiger partial charge in [0.05, 0.1) is 11.2 Å². The second-order valence-electron chi connectivity index (χ2n) is 5.34. The van der Waals surface area contributed by atoms with Crippen molar-refractivity contribution in [1.82, 2.24) is 4.98 Å². The maximum Gasteiger partial charge on any atom is 0.218 e. The Labute approximate surface area is 123 Å². The van der Waals surface area contributed by atoms with Gasteiger partial charge in [0.1, 0.15) is 0 Å². The van der Waals surface area contributed by atoms with Crippen LogP contribution in [0, 0.1) is 20.8 Å². The van der Waals surface area contributed by atoms with Crippen molar-refractivity contribution in [2.24, 2.45) is 10.2 Å². The van der Waals surface area contributed by atoms with E-state index in [1.165, 1.54) is 11.1 Å². The molecule has 1 heterocycles. The quantitative estimate of drug-likeness (QED) is 0.621. The van der Waals surface area contributed by atoms with E-state index < -0.39 is 0 Å². The molecule has 0 atom stereocenters. The summed E-state index contributed by atoms with van der Waals surface area (Å²) in [7, 11) is 0. The van der Waals surface area contributed by atoms with E-state index >= 15 is 0 Å². The molecule has 0 unspecified atom stereocenters. The lowest BCUT2D eigenvalue weighted by atomic mass is 10.1. The highest BCUT2D eigenvalue weighted by atomic mass is 16.3. The predicted octanol–water partition coefficient (Wildman–Crippen LogP) is 5.21. The predicted molar refractivity (Wildman–Crippen MR) is 84.8 cm³/mol. The topological polar surface area (TPSA) is 60.7 Å². The Morgan fingerprint density at radius 1 is 0.905 bits per heavy atom. The number of hydrogen-bond acceptors (Lipinski definition) is 3. The minimum atomic E-state index is 0.0446. The summed E-state index contributed by atoms with van der Waals surface area (Å²) < 4.78 is 0. The van der Waals surface area contributed by atoms with E-state index in [1.807, 2.05) is 50.2 Å². The molecule has 0 aliphatic rings. The smallest absolute Gasteiger partial charge is 0.218 e. The normalized spacial score (nSPS) is 11.6. The van der Waals surface area contributed by atoms with Gasteiger partial charge in [0.25, 0.3) is 0 Å². The number of aromatic hydroxyl groups is 1. The van der Waals surface area contributed by atoms with Gasteiger partial charge in [0, 0.05) is 5.39 Å². The van der Waals surface area contributed by atoms with Gasteiger partial charge in [-0.1, -0.05) is 17.7 Å². The zero-order valence-electron chi connectivity index (χ0n) is 12.3. The summed E-state index contributed by atoms with van der Waals surface area (Å²) in [6, 6.07) is 11.8. The molecule has 0 saturated heterocycles. The van der Waals surface area contributed by atoms with Gasteiger partial charge in [0.15, 0.2) is 5.69 Å². The van der Waals surface area contributed by atoms with Crippen molar-refractivity contribution in [1.29, 1.82) is 0 Å². The maximum atomic E-state index is 9.99. The van der Waals surface area contributed by atoms with Crippen molar-refractivity contribution in [2.75, 3.05) is 0 Å². The lowest BCUT2D eigenvalue weighted by molar-refractivity contribution is 0.459. The Bertz CT molecular complexity index is 847. The van der Waals surface area contributed by atoms with E-state index in [-0.39, 0.29) is 5.88 Å². The molecule has 3 rings (SSSR count). The van der Waals surface area contributed by atoms with Gasteiger partial charge < -0.3 is 10.1 Å². The first-order valence-electron chi connectivity index (χ1n) is 6.85. The lowest BCUT2D eigenvalue weighted by Crippen LogP contribution is -1.77. The van der Waals surface area contributed by atoms with Crippen LogP contribution in [0.15, 0.2) is 46.6 Å². The molecule has 2 aromatic carbocycles. The molecule has 106 valence electrons. The van der Waals surface area contributed by atoms with Gasteiger partial charge in [-0.2, -0.15) is 5.11 Å². The molecule has 0 fully saturated rings. The fraction of sp³-hybridized carbons (Fsp3) is 0.176. The van der Waals surface area contributed by atoms with Crippen molar-refractivity contribution < 1.29 is 5.11 Å². The first-order valence-corrected chi connectivity index (χ1v) is 6.85. The molecular weight excluding hydrogens is 262 g/mol. The van der Waals surface area contributed by atoms with Crippen molar-refractivity contribution in [3.63, 3.8) is 0 Å². The van der Waals surface area contributed by atoms with Crippen LogP contribution in [0.4, 0.5) is 11.4 Å². The van der Waals surface area contributed by atoms with Crippen molar-refractivity contribution in [2.45, 2.75) is 20.8 Å². The second kappa shape index (κ2) is 5.05. The highest BCUT2D eigenvalue weighted by molar-refractivity contribution is 5.94. The highest BCUT2D eigenvalue weighted by Gasteiger charge is 2.10. The molecule has 2 N–H and O–H groups in total. The molecule has 1 aromatic heterocycles. The molecule has 4 heteroatoms. The van der Waals surface area contributed by atoms with Crippen LogP contribution in [-0.4, -0.2) is 10.1 Å². The van der Waals surface area contributed by atoms with Crippen LogP contribution in [0.2, 0.25) is 0 Å². The summed E-state index contributed by atoms with van der Waals surface area (Å²) in [6.45, 7) is 6.11. The molecule has 0 bridgehead atoms. The minimum absolute atomic E-state index is 0.0446. The molecule has 0 saturated carbocycles. The van der Waals surface area contributed by atoms with Gasteiger partial charge in [0.2, 0.25) is 5.88 Å². The Kier molecular flexibility index (Phi) is 3.22. The van der Waals surface area contributed by atoms with Crippen LogP contribution in [0.1, 0.15) is 16.7 Å². The first kappa shape index (κ1) is 13.4. The summed E-state index contributed by atoms with van der Waals surface area (Å²) in [5, 5.41) is 19.3. The fourth-order valence-corrected chi connectivity index (χ4v) is 2.27. The molecule has 0 aliphatic carbocycles. The third-order valence-electron chi connectivity index (χ3n) is 3.66. The third kappa shape index (κ3) is 2.52. The molecule has 21 heavy (non-hydrogen) atoms. The zero-order valence-corrected chi connectivity index (χ0v) is 12.3. The van der Waals surface area contributed by atoms with Crippen LogP contribution in [0.25, 0.3) is 10.9 Å². The Morgan fingerprint density at radius 3 is 2.48 bits per heavy atom. The van der Waals surface area contributed by atoms with E-state index in [0.29, 0.717) is 5.69 Å². The van der Waals surface area contributed by atoms with Gasteiger partial charge in [-0.05, 0) is 56.2 Å². The van der Waals surface area contributed by atoms with Crippen molar-refractivity contribution in [3.8, 4) is 5.88 Å². The molecule has 0 aliphatic heterocycles.